The summed E-state index contributed by atoms with van der Waals surface area (Å²) >= 11 is 15.9. The summed E-state index contributed by atoms with van der Waals surface area (Å²) in [5.74, 6) is 4.38. The van der Waals surface area contributed by atoms with Crippen molar-refractivity contribution in [3.8, 4) is 40.0 Å². The molecule has 13 aromatic rings. The van der Waals surface area contributed by atoms with Crippen molar-refractivity contribution in [1.82, 2.24) is 29.9 Å². The molecule has 2 saturated heterocycles. The number of ether oxygens (including phenoxy) is 2. The third kappa shape index (κ3) is 26.2. The summed E-state index contributed by atoms with van der Waals surface area (Å²) in [6.07, 6.45) is 8.57. The van der Waals surface area contributed by atoms with Crippen LogP contribution in [0.15, 0.2) is 276 Å². The largest absolute Gasteiger partial charge is 0.507 e. The number of benzene rings is 10. The Bertz CT molecular complexity index is 5450. The van der Waals surface area contributed by atoms with Crippen LogP contribution in [-0.2, 0) is 22.1 Å². The van der Waals surface area contributed by atoms with Gasteiger partial charge in [0.25, 0.3) is 0 Å². The van der Waals surface area contributed by atoms with Crippen LogP contribution in [0.5, 0.6) is 28.7 Å². The SMILES string of the molecule is CC(=NCC1CCCO1)c1ccccc1O.CC(=Nc1ccccc1)c1cc(Cl)cc(Cl)c1O.CC(C)(C)CC(C)(C)NCc1cccc(-c2ccccc2)n1.COc1c(C2SCCS2)cc(C(C)(C)C)cc1C(C)(C)C.Cc1cccc(C(n2ncc3ccccc32)n2ncc3ccccc32)c1O.Oc1ccccc1C=Nc1ccccc1. The molecule has 1 unspecified atom stereocenters. The molecule has 0 aliphatic carbocycles. The lowest BCUT2D eigenvalue weighted by atomic mass is 9.79. The van der Waals surface area contributed by atoms with Gasteiger partial charge in [0.05, 0.1) is 75.6 Å². The van der Waals surface area contributed by atoms with E-state index in [2.05, 4.69) is 149 Å². The number of phenols is 4. The zero-order valence-electron chi connectivity index (χ0n) is 71.0. The number of aromatic nitrogens is 5. The highest BCUT2D eigenvalue weighted by atomic mass is 35.5. The summed E-state index contributed by atoms with van der Waals surface area (Å²) in [7, 11) is 1.81. The zero-order chi connectivity index (χ0) is 85.4. The van der Waals surface area contributed by atoms with Crippen molar-refractivity contribution < 1.29 is 29.9 Å². The molecule has 0 spiro atoms. The molecule has 15 nitrogen and oxygen atoms in total. The molecule has 10 aromatic carbocycles. The maximum absolute atomic E-state index is 10.8. The molecule has 0 radical (unpaired) electrons. The standard InChI is InChI=1S/C22H18N4O.C20H28N2.C18H28OS2.C14H11Cl2NO.C13H17NO2.C13H11NO/c1-15-7-6-10-18(21(15)27)22(25-19-11-4-2-8-16(19)13-23-25)26-20-12-5-3-9-17(20)14-24-26;1-19(2,3)15-20(4,5)21-14-17-12-9-13-18(22-17)16-10-7-6-8-11-16;1-17(2,3)12-10-13(16-20-8-9-21-16)15(19-7)14(11-12)18(4,5)6;1-9(17-11-5-3-2-4-6-11)12-7-10(15)8-13(16)14(12)18;1-10(12-6-2-3-7-13(12)15)14-9-11-5-4-8-16-11;15-13-9-5-4-6-11(13)10-14-12-7-2-1-3-8-12/h2-14,22,27H,1H3;6-13,21H,14-15H2,1-5H3;10-11,16H,8-9H2,1-7H3;2-8,18H,1H3;2-3,6-7,11,15H,4-5,8-9H2,1H3;1-10,15H. The number of pyridine rings is 1. The van der Waals surface area contributed by atoms with Crippen LogP contribution in [0.2, 0.25) is 10.0 Å². The first-order valence-electron chi connectivity index (χ1n) is 40.3. The third-order valence-electron chi connectivity index (χ3n) is 19.9. The molecule has 2 aliphatic heterocycles. The van der Waals surface area contributed by atoms with Crippen molar-refractivity contribution in [3.63, 3.8) is 0 Å². The second-order valence-electron chi connectivity index (χ2n) is 33.3. The van der Waals surface area contributed by atoms with E-state index in [1.807, 2.05) is 242 Å². The average molecular weight is 1670 g/mol. The minimum Gasteiger partial charge on any atom is -0.507 e. The van der Waals surface area contributed by atoms with E-state index >= 15 is 0 Å². The Kier molecular flexibility index (Phi) is 32.4. The first kappa shape index (κ1) is 90.8. The van der Waals surface area contributed by atoms with Crippen molar-refractivity contribution in [2.45, 2.75) is 156 Å². The number of hydrogen-bond acceptors (Lipinski definition) is 15. The van der Waals surface area contributed by atoms with Gasteiger partial charge in [-0.2, -0.15) is 10.2 Å². The number of phenolic OH excluding ortho intramolecular Hbond substituents is 4. The summed E-state index contributed by atoms with van der Waals surface area (Å²) in [6, 6.07) is 79.9. The minimum atomic E-state index is -0.398. The second-order valence-corrected chi connectivity index (χ2v) is 36.9. The Balaban J connectivity index is 0.000000152. The molecule has 119 heavy (non-hydrogen) atoms. The molecular weight excluding hydrogens is 1560 g/mol. The molecule has 0 amide bonds. The molecule has 3 aromatic heterocycles. The van der Waals surface area contributed by atoms with Crippen molar-refractivity contribution in [3.05, 3.63) is 321 Å². The first-order chi connectivity index (χ1) is 56.8. The van der Waals surface area contributed by atoms with Gasteiger partial charge in [-0.25, -0.2) is 9.36 Å². The smallest absolute Gasteiger partial charge is 0.173 e. The van der Waals surface area contributed by atoms with Gasteiger partial charge in [0.15, 0.2) is 6.17 Å². The van der Waals surface area contributed by atoms with E-state index < -0.39 is 6.17 Å². The van der Waals surface area contributed by atoms with Crippen LogP contribution in [-0.4, -0.2) is 106 Å². The number of hydrogen-bond donors (Lipinski definition) is 5. The maximum atomic E-state index is 10.8. The number of aryl methyl sites for hydroxylation is 1. The number of aliphatic imine (C=N–C) groups is 3. The van der Waals surface area contributed by atoms with Crippen LogP contribution in [0, 0.1) is 12.3 Å². The van der Waals surface area contributed by atoms with E-state index in [0.717, 1.165) is 111 Å². The van der Waals surface area contributed by atoms with Crippen molar-refractivity contribution in [1.29, 1.82) is 0 Å². The van der Waals surface area contributed by atoms with Gasteiger partial charge in [-0.3, -0.25) is 20.0 Å². The van der Waals surface area contributed by atoms with Gasteiger partial charge in [-0.1, -0.05) is 243 Å². The van der Waals surface area contributed by atoms with Crippen LogP contribution >= 0.6 is 46.7 Å². The number of fused-ring (bicyclic) bond motifs is 2. The van der Waals surface area contributed by atoms with Crippen LogP contribution in [0.3, 0.4) is 0 Å². The number of halogens is 2. The summed E-state index contributed by atoms with van der Waals surface area (Å²) in [6.45, 7) is 33.0. The monoisotopic (exact) mass is 1670 g/mol. The Labute approximate surface area is 721 Å². The molecule has 15 rings (SSSR count). The fraction of sp³-hybridized carbons (Fsp3) is 0.300. The van der Waals surface area contributed by atoms with Crippen molar-refractivity contribution >= 4 is 97.5 Å². The van der Waals surface area contributed by atoms with Gasteiger partial charge >= 0.3 is 0 Å². The molecule has 2 fully saturated rings. The van der Waals surface area contributed by atoms with Crippen LogP contribution in [0.1, 0.15) is 170 Å². The fourth-order valence-corrected chi connectivity index (χ4v) is 17.4. The molecule has 0 saturated carbocycles. The van der Waals surface area contributed by atoms with Crippen LogP contribution in [0.4, 0.5) is 11.4 Å². The average Bonchev–Trinajstić information content (AvgIpc) is 1.69. The Morgan fingerprint density at radius 2 is 1.18 bits per heavy atom. The lowest BCUT2D eigenvalue weighted by molar-refractivity contribution is 0.118. The van der Waals surface area contributed by atoms with Gasteiger partial charge in [-0.05, 0) is 172 Å². The van der Waals surface area contributed by atoms with Crippen LogP contribution < -0.4 is 10.1 Å². The number of rotatable bonds is 17. The van der Waals surface area contributed by atoms with E-state index in [1.165, 1.54) is 39.8 Å². The topological polar surface area (TPSA) is 197 Å². The minimum absolute atomic E-state index is 0.00162. The Hall–Kier alpha value is -10.5. The Morgan fingerprint density at radius 1 is 0.605 bits per heavy atom. The number of para-hydroxylation sites is 7. The quantitative estimate of drug-likeness (QED) is 0.0542. The molecule has 2 aliphatic rings. The number of aromatic hydroxyl groups is 4. The molecule has 5 heterocycles. The maximum Gasteiger partial charge on any atom is 0.173 e. The van der Waals surface area contributed by atoms with E-state index in [4.69, 9.17) is 37.7 Å². The molecule has 5 N–H and O–H groups in total. The summed E-state index contributed by atoms with van der Waals surface area (Å²) in [5.41, 5.74) is 16.9. The summed E-state index contributed by atoms with van der Waals surface area (Å²) in [5, 5.41) is 55.6. The third-order valence-corrected chi connectivity index (χ3v) is 23.4. The highest BCUT2D eigenvalue weighted by Gasteiger charge is 2.32. The van der Waals surface area contributed by atoms with Gasteiger partial charge in [0, 0.05) is 103 Å². The second kappa shape index (κ2) is 42.4. The van der Waals surface area contributed by atoms with Crippen LogP contribution in [0.25, 0.3) is 33.1 Å². The van der Waals surface area contributed by atoms with E-state index in [1.54, 1.807) is 37.4 Å². The predicted octanol–water partition coefficient (Wildman–Crippen LogP) is 25.7. The van der Waals surface area contributed by atoms with Crippen molar-refractivity contribution in [2.75, 3.05) is 31.8 Å². The zero-order valence-corrected chi connectivity index (χ0v) is 74.2. The van der Waals surface area contributed by atoms with Crippen molar-refractivity contribution in [2.24, 2.45) is 20.4 Å². The van der Waals surface area contributed by atoms with E-state index in [9.17, 15) is 20.4 Å². The van der Waals surface area contributed by atoms with Gasteiger partial charge in [0.2, 0.25) is 0 Å². The molecule has 19 heteroatoms. The van der Waals surface area contributed by atoms with E-state index in [-0.39, 0.29) is 50.5 Å². The van der Waals surface area contributed by atoms with Gasteiger partial charge in [0.1, 0.15) is 28.7 Å². The van der Waals surface area contributed by atoms with Gasteiger partial charge in [-0.15, -0.1) is 23.5 Å². The highest BCUT2D eigenvalue weighted by molar-refractivity contribution is 8.19. The predicted molar refractivity (Wildman–Crippen MR) is 501 cm³/mol. The summed E-state index contributed by atoms with van der Waals surface area (Å²) < 4.78 is 15.7. The number of thioether (sulfide) groups is 2. The summed E-state index contributed by atoms with van der Waals surface area (Å²) in [4.78, 5) is 17.9. The highest BCUT2D eigenvalue weighted by Crippen LogP contribution is 2.52. The number of nitrogens with one attached hydrogen (secondary N) is 1. The lowest BCUT2D eigenvalue weighted by Gasteiger charge is -2.33. The van der Waals surface area contributed by atoms with E-state index in [0.29, 0.717) is 32.8 Å². The molecular formula is C100H113Cl2N9O6S2. The molecule has 620 valence electrons. The fourth-order valence-electron chi connectivity index (χ4n) is 14.0. The molecule has 0 bridgehead atoms. The number of methoxy groups -OCH3 is 1. The first-order valence-corrected chi connectivity index (χ1v) is 43.1. The Morgan fingerprint density at radius 3 is 1.76 bits per heavy atom. The normalized spacial score (nSPS) is 13.9. The lowest BCUT2D eigenvalue weighted by Crippen LogP contribution is -2.42. The van der Waals surface area contributed by atoms with Gasteiger partial charge < -0.3 is 35.2 Å². The number of nitrogens with zero attached hydrogens (tertiary/aromatic N) is 8. The molecule has 1 atom stereocenters.